The highest BCUT2D eigenvalue weighted by molar-refractivity contribution is 9.10. The summed E-state index contributed by atoms with van der Waals surface area (Å²) in [6, 6.07) is 12.7. The smallest absolute Gasteiger partial charge is 0.291 e. The Kier molecular flexibility index (Phi) is 5.58. The quantitative estimate of drug-likeness (QED) is 0.351. The van der Waals surface area contributed by atoms with Crippen molar-refractivity contribution in [2.75, 3.05) is 7.11 Å². The van der Waals surface area contributed by atoms with Crippen LogP contribution in [0.5, 0.6) is 11.5 Å². The van der Waals surface area contributed by atoms with Crippen molar-refractivity contribution in [2.24, 2.45) is 0 Å². The number of amides is 1. The molecule has 0 radical (unpaired) electrons. The minimum absolute atomic E-state index is 0.0740. The van der Waals surface area contributed by atoms with Crippen molar-refractivity contribution in [2.45, 2.75) is 12.6 Å². The summed E-state index contributed by atoms with van der Waals surface area (Å²) in [5, 5.41) is 10.9. The van der Waals surface area contributed by atoms with Crippen LogP contribution in [0.4, 0.5) is 4.39 Å². The second-order valence-corrected chi connectivity index (χ2v) is 9.12. The normalized spacial score (nSPS) is 15.1. The van der Waals surface area contributed by atoms with Crippen LogP contribution in [0.1, 0.15) is 33.3 Å². The molecule has 3 aromatic carbocycles. The maximum absolute atomic E-state index is 13.6. The Balaban J connectivity index is 1.76. The zero-order valence-corrected chi connectivity index (χ0v) is 20.0. The minimum Gasteiger partial charge on any atom is -0.503 e. The van der Waals surface area contributed by atoms with E-state index in [0.717, 1.165) is 0 Å². The van der Waals surface area contributed by atoms with Gasteiger partial charge in [0.1, 0.15) is 11.4 Å². The van der Waals surface area contributed by atoms with E-state index < -0.39 is 17.8 Å². The van der Waals surface area contributed by atoms with Crippen LogP contribution in [0.25, 0.3) is 11.0 Å². The molecule has 0 bridgehead atoms. The fourth-order valence-electron chi connectivity index (χ4n) is 4.20. The van der Waals surface area contributed by atoms with Gasteiger partial charge in [-0.15, -0.1) is 0 Å². The molecule has 2 heterocycles. The van der Waals surface area contributed by atoms with E-state index in [9.17, 15) is 19.1 Å². The molecular weight excluding hydrogens is 529 g/mol. The minimum atomic E-state index is -0.849. The first-order valence-electron chi connectivity index (χ1n) is 10.2. The zero-order valence-electron chi connectivity index (χ0n) is 17.6. The van der Waals surface area contributed by atoms with Crippen LogP contribution < -0.4 is 10.2 Å². The second kappa shape index (κ2) is 8.45. The average Bonchev–Trinajstić information content (AvgIpc) is 3.09. The van der Waals surface area contributed by atoms with Crippen LogP contribution in [0.15, 0.2) is 68.3 Å². The predicted octanol–water partition coefficient (Wildman–Crippen LogP) is 5.81. The molecule has 34 heavy (non-hydrogen) atoms. The number of halogens is 3. The number of phenolic OH excluding ortho intramolecular Hbond substituents is 1. The summed E-state index contributed by atoms with van der Waals surface area (Å²) in [5.41, 5.74) is 1.19. The van der Waals surface area contributed by atoms with E-state index in [4.69, 9.17) is 20.8 Å². The number of fused-ring (bicyclic) bond motifs is 2. The van der Waals surface area contributed by atoms with Crippen molar-refractivity contribution in [3.8, 4) is 11.5 Å². The number of hydrogen-bond acceptors (Lipinski definition) is 5. The number of aromatic hydroxyl groups is 1. The number of hydrogen-bond donors (Lipinski definition) is 1. The lowest BCUT2D eigenvalue weighted by atomic mass is 9.97. The molecule has 1 aromatic heterocycles. The van der Waals surface area contributed by atoms with Crippen molar-refractivity contribution in [1.82, 2.24) is 4.90 Å². The number of carbonyl (C=O) groups excluding carboxylic acids is 1. The van der Waals surface area contributed by atoms with Gasteiger partial charge < -0.3 is 19.2 Å². The van der Waals surface area contributed by atoms with Crippen molar-refractivity contribution < 1.29 is 23.4 Å². The molecule has 1 aliphatic rings. The molecular formula is C25H16BrClFNO5. The SMILES string of the molecule is COc1cc([C@H]2c3c(oc4ccc(Cl)cc4c3=O)C(=O)N2Cc2ccc(F)cc2)cc(Br)c1O. The standard InChI is InChI=1S/C25H16BrClFNO5/c1-33-19-9-13(8-17(26)23(19)31)21-20-22(30)16-10-14(27)4-7-18(16)34-24(20)25(32)29(21)11-12-2-5-15(28)6-3-12/h2-10,21,31H,11H2,1H3/t21-/m0/s1. The Hall–Kier alpha value is -3.36. The number of nitrogens with zero attached hydrogens (tertiary/aromatic N) is 1. The molecule has 1 atom stereocenters. The Labute approximate surface area is 206 Å². The first-order valence-corrected chi connectivity index (χ1v) is 11.3. The Morgan fingerprint density at radius 2 is 1.88 bits per heavy atom. The highest BCUT2D eigenvalue weighted by atomic mass is 79.9. The molecule has 1 amide bonds. The lowest BCUT2D eigenvalue weighted by Gasteiger charge is -2.26. The van der Waals surface area contributed by atoms with Crippen LogP contribution >= 0.6 is 27.5 Å². The summed E-state index contributed by atoms with van der Waals surface area (Å²) in [5.74, 6) is -0.904. The molecule has 9 heteroatoms. The van der Waals surface area contributed by atoms with Crippen molar-refractivity contribution in [1.29, 1.82) is 0 Å². The van der Waals surface area contributed by atoms with E-state index in [2.05, 4.69) is 15.9 Å². The van der Waals surface area contributed by atoms with Crippen LogP contribution in [-0.4, -0.2) is 23.0 Å². The summed E-state index contributed by atoms with van der Waals surface area (Å²) in [7, 11) is 1.40. The van der Waals surface area contributed by atoms with E-state index >= 15 is 0 Å². The summed E-state index contributed by atoms with van der Waals surface area (Å²) in [4.78, 5) is 28.6. The van der Waals surface area contributed by atoms with E-state index in [1.165, 1.54) is 30.2 Å². The molecule has 1 N–H and O–H groups in total. The molecule has 1 aliphatic heterocycles. The fraction of sp³-hybridized carbons (Fsp3) is 0.120. The summed E-state index contributed by atoms with van der Waals surface area (Å²) < 4.78 is 25.0. The van der Waals surface area contributed by atoms with E-state index in [0.29, 0.717) is 20.6 Å². The van der Waals surface area contributed by atoms with Gasteiger partial charge in [0.15, 0.2) is 16.9 Å². The predicted molar refractivity (Wildman–Crippen MR) is 128 cm³/mol. The Bertz CT molecular complexity index is 1520. The third-order valence-corrected chi connectivity index (χ3v) is 6.62. The largest absolute Gasteiger partial charge is 0.503 e. The van der Waals surface area contributed by atoms with Gasteiger partial charge in [0.25, 0.3) is 5.91 Å². The molecule has 0 saturated carbocycles. The van der Waals surface area contributed by atoms with Gasteiger partial charge in [-0.3, -0.25) is 9.59 Å². The number of ether oxygens (including phenoxy) is 1. The third-order valence-electron chi connectivity index (χ3n) is 5.78. The van der Waals surface area contributed by atoms with E-state index in [1.54, 1.807) is 36.4 Å². The summed E-state index contributed by atoms with van der Waals surface area (Å²) >= 11 is 9.42. The number of phenols is 1. The average molecular weight is 545 g/mol. The van der Waals surface area contributed by atoms with Crippen LogP contribution in [-0.2, 0) is 6.54 Å². The van der Waals surface area contributed by atoms with E-state index in [-0.39, 0.29) is 45.8 Å². The molecule has 5 rings (SSSR count). The molecule has 0 saturated heterocycles. The lowest BCUT2D eigenvalue weighted by Crippen LogP contribution is -2.29. The molecule has 4 aromatic rings. The number of rotatable bonds is 4. The van der Waals surface area contributed by atoms with Gasteiger partial charge in [-0.1, -0.05) is 23.7 Å². The molecule has 0 unspecified atom stereocenters. The van der Waals surface area contributed by atoms with Gasteiger partial charge in [0.05, 0.1) is 28.6 Å². The van der Waals surface area contributed by atoms with Gasteiger partial charge in [0, 0.05) is 11.6 Å². The topological polar surface area (TPSA) is 80.0 Å². The van der Waals surface area contributed by atoms with Crippen molar-refractivity contribution >= 4 is 44.4 Å². The number of methoxy groups -OCH3 is 1. The van der Waals surface area contributed by atoms with Crippen LogP contribution in [0, 0.1) is 5.82 Å². The zero-order chi connectivity index (χ0) is 24.1. The fourth-order valence-corrected chi connectivity index (χ4v) is 4.83. The molecule has 0 fully saturated rings. The summed E-state index contributed by atoms with van der Waals surface area (Å²) in [6.45, 7) is 0.0886. The van der Waals surface area contributed by atoms with Crippen LogP contribution in [0.2, 0.25) is 5.02 Å². The summed E-state index contributed by atoms with van der Waals surface area (Å²) in [6.07, 6.45) is 0. The van der Waals surface area contributed by atoms with Gasteiger partial charge in [-0.05, 0) is 69.5 Å². The monoisotopic (exact) mass is 543 g/mol. The van der Waals surface area contributed by atoms with Gasteiger partial charge in [-0.25, -0.2) is 4.39 Å². The first kappa shape index (κ1) is 22.4. The maximum Gasteiger partial charge on any atom is 0.291 e. The highest BCUT2D eigenvalue weighted by Crippen LogP contribution is 2.44. The molecule has 6 nitrogen and oxygen atoms in total. The van der Waals surface area contributed by atoms with Crippen molar-refractivity contribution in [3.63, 3.8) is 0 Å². The van der Waals surface area contributed by atoms with E-state index in [1.807, 2.05) is 0 Å². The van der Waals surface area contributed by atoms with Crippen molar-refractivity contribution in [3.05, 3.63) is 103 Å². The van der Waals surface area contributed by atoms with Gasteiger partial charge >= 0.3 is 0 Å². The maximum atomic E-state index is 13.6. The molecule has 0 spiro atoms. The lowest BCUT2D eigenvalue weighted by molar-refractivity contribution is 0.0714. The number of carbonyl (C=O) groups is 1. The Morgan fingerprint density at radius 3 is 2.59 bits per heavy atom. The van der Waals surface area contributed by atoms with Gasteiger partial charge in [-0.2, -0.15) is 0 Å². The Morgan fingerprint density at radius 1 is 1.15 bits per heavy atom. The highest BCUT2D eigenvalue weighted by Gasteiger charge is 2.43. The molecule has 172 valence electrons. The third kappa shape index (κ3) is 3.63. The first-order chi connectivity index (χ1) is 16.3. The number of benzene rings is 3. The second-order valence-electron chi connectivity index (χ2n) is 7.83. The van der Waals surface area contributed by atoms with Gasteiger partial charge in [0.2, 0.25) is 5.76 Å². The molecule has 0 aliphatic carbocycles. The van der Waals surface area contributed by atoms with Crippen LogP contribution in [0.3, 0.4) is 0 Å².